The van der Waals surface area contributed by atoms with E-state index >= 15 is 0 Å². The molecule has 1 unspecified atom stereocenters. The van der Waals surface area contributed by atoms with E-state index in [2.05, 4.69) is 103 Å². The number of anilines is 3. The number of nitrogens with one attached hydrogen (secondary N) is 3. The van der Waals surface area contributed by atoms with Crippen LogP contribution in [0.15, 0.2) is 85.1 Å². The van der Waals surface area contributed by atoms with Crippen LogP contribution in [-0.4, -0.2) is 71.8 Å². The number of carbonyl (C=O) groups excluding carboxylic acids is 3. The van der Waals surface area contributed by atoms with E-state index in [-0.39, 0.29) is 76.7 Å². The second-order valence-corrected chi connectivity index (χ2v) is 17.0. The molecule has 2 fully saturated rings. The van der Waals surface area contributed by atoms with Crippen LogP contribution in [0.3, 0.4) is 0 Å². The molecule has 4 aliphatic rings. The zero-order valence-corrected chi connectivity index (χ0v) is 42.0. The maximum atomic E-state index is 12.7. The molecule has 3 aliphatic heterocycles. The average Bonchev–Trinajstić information content (AvgIpc) is 3.74. The largest absolute Gasteiger partial charge is 0.491 e. The fourth-order valence-electron chi connectivity index (χ4n) is 9.01. The molecule has 11 heteroatoms. The van der Waals surface area contributed by atoms with Gasteiger partial charge in [-0.15, -0.1) is 23.9 Å². The number of fused-ring (bicyclic) bond motifs is 3. The molecule has 2 radical (unpaired) electrons. The summed E-state index contributed by atoms with van der Waals surface area (Å²) in [5, 5.41) is 8.30. The van der Waals surface area contributed by atoms with Crippen molar-refractivity contribution in [3.05, 3.63) is 130 Å². The van der Waals surface area contributed by atoms with Gasteiger partial charge in [-0.1, -0.05) is 82.0 Å². The zero-order valence-electron chi connectivity index (χ0n) is 36.3. The third-order valence-electron chi connectivity index (χ3n) is 12.1. The number of piperidine rings is 2. The summed E-state index contributed by atoms with van der Waals surface area (Å²) in [6, 6.07) is 28.0. The van der Waals surface area contributed by atoms with Crippen molar-refractivity contribution in [1.29, 1.82) is 0 Å². The van der Waals surface area contributed by atoms with Crippen molar-refractivity contribution >= 4 is 35.9 Å². The average molecular weight is 959 g/mol. The van der Waals surface area contributed by atoms with Gasteiger partial charge in [0, 0.05) is 83.2 Å². The summed E-state index contributed by atoms with van der Waals surface area (Å²) in [7, 11) is 0. The normalized spacial score (nSPS) is 18.2. The van der Waals surface area contributed by atoms with Crippen molar-refractivity contribution in [1.82, 2.24) is 14.8 Å². The standard InChI is InChI=1S/C20H21NO.C15H20N2O.C14H19N3O.2Y/c1-13(2)9-14-7-8-15-11-20(12-16(15)10-14)17-5-3-4-6-18(17)21-19(20)22;1-12(2)17-9-7-13(8-10-17)14-5-3-4-6-15(14)16-11-18;1-11(2)17-8-5-12(6-9-17)13-4-3-7-15-14(13)16-10-18;;/h3-8,10,13H,9,11-12H2,1-2H3,(H,21,22);3-6,12H,7-10H2,1-2H3,(H,16,18);3-4,7,11H,5-6,8-9H2,1-2H3,(H,15,16,18);;/q;2*-2;;. The second kappa shape index (κ2) is 23.5. The first-order valence-corrected chi connectivity index (χ1v) is 21.0. The Labute approximate surface area is 409 Å². The van der Waals surface area contributed by atoms with E-state index < -0.39 is 0 Å². The SMILES string of the molecule is CC(C)Cc1ccc2c(c1)CC1(C2)C(=O)Nc2ccccc21.CC(C)N1CC[C-](c2ccccc2N[C-]=O)CC1.CC(C)N1CC[C-](c2cccnc2N[C-]=O)CC1.[Y].[Y]. The molecule has 3 amide bonds. The van der Waals surface area contributed by atoms with Gasteiger partial charge in [0.15, 0.2) is 0 Å². The smallest absolute Gasteiger partial charge is 0.235 e. The predicted octanol–water partition coefficient (Wildman–Crippen LogP) is 8.45. The Morgan fingerprint density at radius 1 is 0.717 bits per heavy atom. The van der Waals surface area contributed by atoms with Gasteiger partial charge >= 0.3 is 0 Å². The van der Waals surface area contributed by atoms with Crippen LogP contribution in [0, 0.1) is 17.8 Å². The van der Waals surface area contributed by atoms with E-state index in [0.29, 0.717) is 23.8 Å². The van der Waals surface area contributed by atoms with Crippen LogP contribution in [0.25, 0.3) is 0 Å². The van der Waals surface area contributed by atoms with Crippen molar-refractivity contribution in [2.45, 2.75) is 104 Å². The molecule has 3 N–H and O–H groups in total. The van der Waals surface area contributed by atoms with Crippen molar-refractivity contribution in [2.24, 2.45) is 5.92 Å². The second-order valence-electron chi connectivity index (χ2n) is 17.0. The monoisotopic (exact) mass is 958 g/mol. The van der Waals surface area contributed by atoms with Crippen molar-refractivity contribution in [3.63, 3.8) is 0 Å². The van der Waals surface area contributed by atoms with Gasteiger partial charge in [-0.25, -0.2) is 0 Å². The van der Waals surface area contributed by atoms with Gasteiger partial charge in [-0.2, -0.15) is 35.1 Å². The number of likely N-dealkylation sites (tertiary alicyclic amines) is 2. The Kier molecular flexibility index (Phi) is 19.5. The fourth-order valence-corrected chi connectivity index (χ4v) is 9.01. The molecule has 4 aromatic rings. The molecule has 8 rings (SSSR count). The van der Waals surface area contributed by atoms with Gasteiger partial charge in [-0.3, -0.25) is 4.79 Å². The Balaban J connectivity index is 0.000000197. The van der Waals surface area contributed by atoms with Gasteiger partial charge < -0.3 is 40.3 Å². The van der Waals surface area contributed by atoms with E-state index in [1.807, 2.05) is 48.5 Å². The summed E-state index contributed by atoms with van der Waals surface area (Å²) in [5.41, 5.74) is 8.95. The first-order valence-electron chi connectivity index (χ1n) is 21.0. The summed E-state index contributed by atoms with van der Waals surface area (Å²) in [6.07, 6.45) is 12.2. The van der Waals surface area contributed by atoms with Crippen LogP contribution < -0.4 is 16.0 Å². The number of aromatic nitrogens is 1. The van der Waals surface area contributed by atoms with Gasteiger partial charge in [0.2, 0.25) is 5.91 Å². The van der Waals surface area contributed by atoms with Gasteiger partial charge in [-0.05, 0) is 119 Å². The van der Waals surface area contributed by atoms with Gasteiger partial charge in [0.1, 0.15) is 0 Å². The van der Waals surface area contributed by atoms with Crippen LogP contribution in [0.1, 0.15) is 101 Å². The first-order chi connectivity index (χ1) is 28.0. The molecule has 4 heterocycles. The minimum atomic E-state index is -0.380. The Hall–Kier alpha value is -2.91. The fraction of sp³-hybridized carbons (Fsp3) is 0.429. The zero-order chi connectivity index (χ0) is 41.2. The predicted molar refractivity (Wildman–Crippen MR) is 235 cm³/mol. The number of benzene rings is 3. The topological polar surface area (TPSA) is 107 Å². The van der Waals surface area contributed by atoms with E-state index in [0.717, 1.165) is 88.1 Å². The minimum Gasteiger partial charge on any atom is -0.491 e. The molecular formula is C49H60N6O3Y2-4. The molecule has 0 saturated carbocycles. The molecule has 1 aliphatic carbocycles. The summed E-state index contributed by atoms with van der Waals surface area (Å²) in [5.74, 6) is 4.25. The van der Waals surface area contributed by atoms with Crippen LogP contribution >= 0.6 is 0 Å². The Morgan fingerprint density at radius 3 is 1.90 bits per heavy atom. The molecule has 9 nitrogen and oxygen atoms in total. The summed E-state index contributed by atoms with van der Waals surface area (Å²) >= 11 is 0. The van der Waals surface area contributed by atoms with Crippen LogP contribution in [0.4, 0.5) is 17.2 Å². The third-order valence-corrected chi connectivity index (χ3v) is 12.1. The molecule has 1 atom stereocenters. The number of carbonyl (C=O) groups is 1. The van der Waals surface area contributed by atoms with Crippen LogP contribution in [0.5, 0.6) is 0 Å². The maximum absolute atomic E-state index is 12.7. The third kappa shape index (κ3) is 12.2. The van der Waals surface area contributed by atoms with Crippen LogP contribution in [0.2, 0.25) is 0 Å². The molecule has 314 valence electrons. The molecule has 1 spiro atoms. The number of para-hydroxylation sites is 2. The molecule has 1 aromatic heterocycles. The van der Waals surface area contributed by atoms with E-state index in [1.165, 1.54) is 39.7 Å². The van der Waals surface area contributed by atoms with Crippen LogP contribution in [-0.2, 0) is 104 Å². The number of hydrogen-bond donors (Lipinski definition) is 3. The Bertz CT molecular complexity index is 1930. The number of nitrogens with zero attached hydrogens (tertiary/aromatic N) is 3. The molecule has 2 saturated heterocycles. The van der Waals surface area contributed by atoms with Crippen molar-refractivity contribution in [3.8, 4) is 0 Å². The van der Waals surface area contributed by atoms with Crippen molar-refractivity contribution in [2.75, 3.05) is 42.1 Å². The first kappa shape index (κ1) is 49.7. The van der Waals surface area contributed by atoms with Crippen molar-refractivity contribution < 1.29 is 79.8 Å². The van der Waals surface area contributed by atoms with Gasteiger partial charge in [0.05, 0.1) is 18.2 Å². The summed E-state index contributed by atoms with van der Waals surface area (Å²) in [6.45, 7) is 17.8. The maximum Gasteiger partial charge on any atom is 0.235 e. The number of amides is 3. The number of rotatable bonds is 10. The summed E-state index contributed by atoms with van der Waals surface area (Å²) < 4.78 is 0. The molecular weight excluding hydrogens is 898 g/mol. The minimum absolute atomic E-state index is 0. The molecule has 3 aromatic carbocycles. The number of pyridine rings is 1. The number of hydrogen-bond acceptors (Lipinski definition) is 6. The van der Waals surface area contributed by atoms with E-state index in [1.54, 1.807) is 19.0 Å². The quantitative estimate of drug-likeness (QED) is 0.109. The molecule has 0 bridgehead atoms. The molecule has 60 heavy (non-hydrogen) atoms. The summed E-state index contributed by atoms with van der Waals surface area (Å²) in [4.78, 5) is 42.8. The van der Waals surface area contributed by atoms with E-state index in [9.17, 15) is 14.4 Å². The van der Waals surface area contributed by atoms with E-state index in [4.69, 9.17) is 0 Å². The van der Waals surface area contributed by atoms with Gasteiger partial charge in [0.25, 0.3) is 0 Å². The Morgan fingerprint density at radius 2 is 1.28 bits per heavy atom.